The van der Waals surface area contributed by atoms with Gasteiger partial charge in [0.15, 0.2) is 0 Å². The lowest BCUT2D eigenvalue weighted by atomic mass is 9.62. The molecule has 2 atom stereocenters. The lowest BCUT2D eigenvalue weighted by Crippen LogP contribution is -2.56. The van der Waals surface area contributed by atoms with Gasteiger partial charge in [0.25, 0.3) is 0 Å². The summed E-state index contributed by atoms with van der Waals surface area (Å²) in [6.45, 7) is 4.25. The van der Waals surface area contributed by atoms with E-state index in [1.165, 1.54) is 12.1 Å². The van der Waals surface area contributed by atoms with Crippen LogP contribution in [0.2, 0.25) is 5.02 Å². The van der Waals surface area contributed by atoms with Crippen LogP contribution in [0.4, 0.5) is 4.39 Å². The van der Waals surface area contributed by atoms with Gasteiger partial charge in [0.05, 0.1) is 5.02 Å². The smallest absolute Gasteiger partial charge is 0.138 e. The first kappa shape index (κ1) is 14.0. The summed E-state index contributed by atoms with van der Waals surface area (Å²) in [7, 11) is 0. The Kier molecular flexibility index (Phi) is 4.08. The molecule has 1 nitrogen and oxygen atoms in total. The van der Waals surface area contributed by atoms with Crippen molar-refractivity contribution < 1.29 is 9.13 Å². The lowest BCUT2D eigenvalue weighted by molar-refractivity contribution is -0.0461. The van der Waals surface area contributed by atoms with E-state index in [1.807, 2.05) is 0 Å². The predicted molar refractivity (Wildman–Crippen MR) is 73.1 cm³/mol. The molecule has 0 N–H and O–H groups in total. The molecule has 1 fully saturated rings. The molecular formula is C14H17Cl2FO. The number of ether oxygens (including phenoxy) is 1. The Bertz CT molecular complexity index is 432. The van der Waals surface area contributed by atoms with Crippen LogP contribution in [0.5, 0.6) is 5.75 Å². The second-order valence-corrected chi connectivity index (χ2v) is 5.76. The highest BCUT2D eigenvalue weighted by Crippen LogP contribution is 2.52. The van der Waals surface area contributed by atoms with Crippen molar-refractivity contribution >= 4 is 23.2 Å². The number of halogens is 3. The molecule has 4 heteroatoms. The van der Waals surface area contributed by atoms with Crippen LogP contribution < -0.4 is 4.74 Å². The summed E-state index contributed by atoms with van der Waals surface area (Å²) in [5.74, 6) is 0.186. The zero-order valence-electron chi connectivity index (χ0n) is 10.6. The molecule has 0 aromatic heterocycles. The largest absolute Gasteiger partial charge is 0.488 e. The molecule has 0 heterocycles. The summed E-state index contributed by atoms with van der Waals surface area (Å²) in [5, 5.41) is 0.464. The van der Waals surface area contributed by atoms with Gasteiger partial charge in [0, 0.05) is 17.2 Å². The summed E-state index contributed by atoms with van der Waals surface area (Å²) in [6, 6.07) is 4.21. The first-order valence-corrected chi connectivity index (χ1v) is 7.10. The van der Waals surface area contributed by atoms with Crippen molar-refractivity contribution in [2.75, 3.05) is 0 Å². The van der Waals surface area contributed by atoms with Crippen LogP contribution in [-0.4, -0.2) is 11.5 Å². The molecule has 1 saturated carbocycles. The van der Waals surface area contributed by atoms with Gasteiger partial charge >= 0.3 is 0 Å². The van der Waals surface area contributed by atoms with E-state index in [4.69, 9.17) is 27.9 Å². The molecule has 1 aliphatic rings. The van der Waals surface area contributed by atoms with Gasteiger partial charge < -0.3 is 4.74 Å². The van der Waals surface area contributed by atoms with Gasteiger partial charge in [-0.2, -0.15) is 0 Å². The van der Waals surface area contributed by atoms with Crippen molar-refractivity contribution in [3.63, 3.8) is 0 Å². The zero-order chi connectivity index (χ0) is 13.3. The second kappa shape index (κ2) is 5.26. The molecule has 0 spiro atoms. The topological polar surface area (TPSA) is 9.23 Å². The number of benzene rings is 1. The fraction of sp³-hybridized carbons (Fsp3) is 0.571. The van der Waals surface area contributed by atoms with Crippen molar-refractivity contribution in [2.24, 2.45) is 5.41 Å². The monoisotopic (exact) mass is 290 g/mol. The molecule has 0 bridgehead atoms. The number of hydrogen-bond donors (Lipinski definition) is 0. The predicted octanol–water partition coefficient (Wildman–Crippen LogP) is 5.04. The standard InChI is InChI=1S/C14H17Cl2FO/c1-3-14(4-2)12(16)8-13(14)18-11-6-5-9(17)7-10(11)15/h5-7,12-13H,3-4,8H2,1-2H3. The molecular weight excluding hydrogens is 274 g/mol. The molecule has 0 radical (unpaired) electrons. The Morgan fingerprint density at radius 3 is 2.56 bits per heavy atom. The van der Waals surface area contributed by atoms with Crippen LogP contribution in [0.15, 0.2) is 18.2 Å². The van der Waals surface area contributed by atoms with E-state index < -0.39 is 0 Å². The maximum absolute atomic E-state index is 13.0. The molecule has 0 saturated heterocycles. The maximum Gasteiger partial charge on any atom is 0.138 e. The summed E-state index contributed by atoms with van der Waals surface area (Å²) in [4.78, 5) is 0. The molecule has 0 amide bonds. The van der Waals surface area contributed by atoms with Crippen LogP contribution >= 0.6 is 23.2 Å². The first-order valence-electron chi connectivity index (χ1n) is 6.29. The molecule has 1 aromatic rings. The molecule has 18 heavy (non-hydrogen) atoms. The number of hydrogen-bond acceptors (Lipinski definition) is 1. The highest BCUT2D eigenvalue weighted by Gasteiger charge is 2.53. The van der Waals surface area contributed by atoms with E-state index in [0.717, 1.165) is 19.3 Å². The Hall–Kier alpha value is -0.470. The fourth-order valence-electron chi connectivity index (χ4n) is 2.74. The van der Waals surface area contributed by atoms with Gasteiger partial charge in [-0.3, -0.25) is 0 Å². The third-order valence-electron chi connectivity index (χ3n) is 4.17. The Labute approximate surface area is 117 Å². The Morgan fingerprint density at radius 2 is 2.06 bits per heavy atom. The van der Waals surface area contributed by atoms with Crippen LogP contribution in [0.25, 0.3) is 0 Å². The maximum atomic E-state index is 13.0. The second-order valence-electron chi connectivity index (χ2n) is 4.82. The van der Waals surface area contributed by atoms with Gasteiger partial charge in [0.1, 0.15) is 17.7 Å². The minimum Gasteiger partial charge on any atom is -0.488 e. The van der Waals surface area contributed by atoms with Crippen molar-refractivity contribution in [1.82, 2.24) is 0 Å². The number of rotatable bonds is 4. The van der Waals surface area contributed by atoms with Crippen molar-refractivity contribution in [3.8, 4) is 5.75 Å². The highest BCUT2D eigenvalue weighted by atomic mass is 35.5. The minimum atomic E-state index is -0.353. The van der Waals surface area contributed by atoms with E-state index in [0.29, 0.717) is 10.8 Å². The van der Waals surface area contributed by atoms with Crippen LogP contribution in [-0.2, 0) is 0 Å². The molecule has 1 aromatic carbocycles. The van der Waals surface area contributed by atoms with Crippen molar-refractivity contribution in [2.45, 2.75) is 44.6 Å². The third-order valence-corrected chi connectivity index (χ3v) is 5.07. The average molecular weight is 291 g/mol. The van der Waals surface area contributed by atoms with Crippen molar-refractivity contribution in [3.05, 3.63) is 29.0 Å². The zero-order valence-corrected chi connectivity index (χ0v) is 12.1. The summed E-state index contributed by atoms with van der Waals surface area (Å²) >= 11 is 12.3. The summed E-state index contributed by atoms with van der Waals surface area (Å²) < 4.78 is 18.9. The normalized spacial score (nSPS) is 25.6. The lowest BCUT2D eigenvalue weighted by Gasteiger charge is -2.52. The highest BCUT2D eigenvalue weighted by molar-refractivity contribution is 6.32. The SMILES string of the molecule is CCC1(CC)C(Cl)CC1Oc1ccc(F)cc1Cl. The van der Waals surface area contributed by atoms with Gasteiger partial charge in [-0.25, -0.2) is 4.39 Å². The van der Waals surface area contributed by atoms with Crippen LogP contribution in [0, 0.1) is 11.2 Å². The molecule has 1 aliphatic carbocycles. The Balaban J connectivity index is 2.15. The molecule has 2 unspecified atom stereocenters. The third kappa shape index (κ3) is 2.21. The van der Waals surface area contributed by atoms with E-state index in [2.05, 4.69) is 13.8 Å². The van der Waals surface area contributed by atoms with Gasteiger partial charge in [0.2, 0.25) is 0 Å². The van der Waals surface area contributed by atoms with E-state index >= 15 is 0 Å². The van der Waals surface area contributed by atoms with Gasteiger partial charge in [-0.1, -0.05) is 25.4 Å². The summed E-state index contributed by atoms with van der Waals surface area (Å²) in [6.07, 6.45) is 2.83. The van der Waals surface area contributed by atoms with Crippen molar-refractivity contribution in [1.29, 1.82) is 0 Å². The Morgan fingerprint density at radius 1 is 1.39 bits per heavy atom. The quantitative estimate of drug-likeness (QED) is 0.706. The summed E-state index contributed by atoms with van der Waals surface area (Å²) in [5.41, 5.74) is 0.0132. The van der Waals surface area contributed by atoms with E-state index in [1.54, 1.807) is 6.07 Å². The molecule has 2 rings (SSSR count). The average Bonchev–Trinajstić information content (AvgIpc) is 2.33. The van der Waals surface area contributed by atoms with Crippen LogP contribution in [0.1, 0.15) is 33.1 Å². The minimum absolute atomic E-state index is 0.0132. The van der Waals surface area contributed by atoms with E-state index in [9.17, 15) is 4.39 Å². The van der Waals surface area contributed by atoms with Crippen LogP contribution in [0.3, 0.4) is 0 Å². The number of alkyl halides is 1. The first-order chi connectivity index (χ1) is 8.53. The van der Waals surface area contributed by atoms with Gasteiger partial charge in [-0.15, -0.1) is 11.6 Å². The van der Waals surface area contributed by atoms with E-state index in [-0.39, 0.29) is 22.7 Å². The molecule has 0 aliphatic heterocycles. The molecule has 100 valence electrons. The fourth-order valence-corrected chi connectivity index (χ4v) is 3.56. The van der Waals surface area contributed by atoms with Gasteiger partial charge in [-0.05, 0) is 31.0 Å².